The summed E-state index contributed by atoms with van der Waals surface area (Å²) in [4.78, 5) is 25.5. The number of nitrogens with one attached hydrogen (secondary N) is 1. The third-order valence-electron chi connectivity index (χ3n) is 3.86. The second-order valence-electron chi connectivity index (χ2n) is 5.63. The van der Waals surface area contributed by atoms with Crippen LogP contribution >= 0.6 is 0 Å². The average molecular weight is 279 g/mol. The molecule has 0 bridgehead atoms. The third-order valence-corrected chi connectivity index (χ3v) is 3.86. The van der Waals surface area contributed by atoms with Gasteiger partial charge in [-0.15, -0.1) is 0 Å². The van der Waals surface area contributed by atoms with Crippen LogP contribution in [0, 0.1) is 16.7 Å². The monoisotopic (exact) mass is 279 g/mol. The Kier molecular flexibility index (Phi) is 6.00. The van der Waals surface area contributed by atoms with Crippen LogP contribution in [-0.4, -0.2) is 35.8 Å². The van der Waals surface area contributed by atoms with Gasteiger partial charge in [0.15, 0.2) is 0 Å². The molecule has 5 nitrogen and oxygen atoms in total. The van der Waals surface area contributed by atoms with Crippen LogP contribution in [0.3, 0.4) is 0 Å². The number of nitrogens with zero attached hydrogens (tertiary/aromatic N) is 2. The van der Waals surface area contributed by atoms with E-state index in [1.54, 1.807) is 4.90 Å². The van der Waals surface area contributed by atoms with E-state index in [1.165, 1.54) is 6.92 Å². The molecular formula is C15H25N3O2. The highest BCUT2D eigenvalue weighted by Gasteiger charge is 2.42. The lowest BCUT2D eigenvalue weighted by molar-refractivity contribution is -0.139. The van der Waals surface area contributed by atoms with E-state index in [0.717, 1.165) is 19.3 Å². The van der Waals surface area contributed by atoms with Crippen molar-refractivity contribution in [2.75, 3.05) is 13.1 Å². The zero-order valence-electron chi connectivity index (χ0n) is 12.7. The fraction of sp³-hybridized carbons (Fsp3) is 0.800. The van der Waals surface area contributed by atoms with Crippen molar-refractivity contribution < 1.29 is 9.59 Å². The molecule has 0 saturated carbocycles. The maximum Gasteiger partial charge on any atom is 0.243 e. The van der Waals surface area contributed by atoms with Crippen LogP contribution in [0.15, 0.2) is 0 Å². The van der Waals surface area contributed by atoms with Crippen molar-refractivity contribution in [3.63, 3.8) is 0 Å². The van der Waals surface area contributed by atoms with E-state index < -0.39 is 5.41 Å². The lowest BCUT2D eigenvalue weighted by atomic mass is 9.79. The highest BCUT2D eigenvalue weighted by Crippen LogP contribution is 2.32. The Hall–Kier alpha value is -1.57. The number of carbonyl (C=O) groups is 2. The van der Waals surface area contributed by atoms with Crippen LogP contribution in [0.25, 0.3) is 0 Å². The SMILES string of the molecule is CCCC(C#N)(CCC)C(=O)N1CCC(NC(C)=O)C1. The van der Waals surface area contributed by atoms with Gasteiger partial charge in [-0.25, -0.2) is 0 Å². The van der Waals surface area contributed by atoms with Crippen LogP contribution in [0.2, 0.25) is 0 Å². The highest BCUT2D eigenvalue weighted by atomic mass is 16.2. The Labute approximate surface area is 121 Å². The van der Waals surface area contributed by atoms with Crippen LogP contribution in [0.1, 0.15) is 52.9 Å². The highest BCUT2D eigenvalue weighted by molar-refractivity contribution is 5.86. The second-order valence-corrected chi connectivity index (χ2v) is 5.63. The van der Waals surface area contributed by atoms with E-state index in [2.05, 4.69) is 11.4 Å². The fourth-order valence-electron chi connectivity index (χ4n) is 3.00. The fourth-order valence-corrected chi connectivity index (χ4v) is 3.00. The summed E-state index contributed by atoms with van der Waals surface area (Å²) in [6.45, 7) is 6.63. The van der Waals surface area contributed by atoms with Crippen LogP contribution in [0.4, 0.5) is 0 Å². The second kappa shape index (κ2) is 7.28. The summed E-state index contributed by atoms with van der Waals surface area (Å²) in [6.07, 6.45) is 3.63. The zero-order chi connectivity index (χ0) is 15.2. The van der Waals surface area contributed by atoms with E-state index in [0.29, 0.717) is 25.9 Å². The minimum Gasteiger partial charge on any atom is -0.352 e. The lowest BCUT2D eigenvalue weighted by Gasteiger charge is -2.30. The van der Waals surface area contributed by atoms with E-state index in [1.807, 2.05) is 13.8 Å². The molecular weight excluding hydrogens is 254 g/mol. The number of carbonyl (C=O) groups excluding carboxylic acids is 2. The van der Waals surface area contributed by atoms with Crippen LogP contribution < -0.4 is 5.32 Å². The van der Waals surface area contributed by atoms with E-state index >= 15 is 0 Å². The zero-order valence-corrected chi connectivity index (χ0v) is 12.7. The number of hydrogen-bond donors (Lipinski definition) is 1. The Morgan fingerprint density at radius 3 is 2.40 bits per heavy atom. The number of amides is 2. The van der Waals surface area contributed by atoms with Crippen molar-refractivity contribution in [2.24, 2.45) is 5.41 Å². The van der Waals surface area contributed by atoms with Crippen molar-refractivity contribution in [1.82, 2.24) is 10.2 Å². The maximum absolute atomic E-state index is 12.7. The molecule has 1 rings (SSSR count). The number of rotatable bonds is 6. The van der Waals surface area contributed by atoms with Crippen LogP contribution in [0.5, 0.6) is 0 Å². The van der Waals surface area contributed by atoms with Crippen molar-refractivity contribution >= 4 is 11.8 Å². The molecule has 5 heteroatoms. The van der Waals surface area contributed by atoms with Gasteiger partial charge in [0.1, 0.15) is 5.41 Å². The summed E-state index contributed by atoms with van der Waals surface area (Å²) in [6, 6.07) is 2.30. The molecule has 1 fully saturated rings. The van der Waals surface area contributed by atoms with Gasteiger partial charge in [0.25, 0.3) is 0 Å². The first kappa shape index (κ1) is 16.5. The van der Waals surface area contributed by atoms with Gasteiger partial charge in [0.2, 0.25) is 11.8 Å². The van der Waals surface area contributed by atoms with Gasteiger partial charge in [0.05, 0.1) is 6.07 Å². The van der Waals surface area contributed by atoms with Crippen molar-refractivity contribution in [1.29, 1.82) is 5.26 Å². The van der Waals surface area contributed by atoms with Crippen molar-refractivity contribution in [2.45, 2.75) is 58.9 Å². The minimum absolute atomic E-state index is 0.0242. The predicted molar refractivity (Wildman–Crippen MR) is 76.7 cm³/mol. The third kappa shape index (κ3) is 3.72. The largest absolute Gasteiger partial charge is 0.352 e. The molecule has 0 aromatic carbocycles. The smallest absolute Gasteiger partial charge is 0.243 e. The quantitative estimate of drug-likeness (QED) is 0.806. The Morgan fingerprint density at radius 2 is 1.95 bits per heavy atom. The Morgan fingerprint density at radius 1 is 1.35 bits per heavy atom. The van der Waals surface area contributed by atoms with Gasteiger partial charge in [-0.05, 0) is 19.3 Å². The van der Waals surface area contributed by atoms with Gasteiger partial charge in [-0.3, -0.25) is 9.59 Å². The topological polar surface area (TPSA) is 73.2 Å². The molecule has 0 spiro atoms. The van der Waals surface area contributed by atoms with Crippen molar-refractivity contribution in [3.05, 3.63) is 0 Å². The molecule has 0 radical (unpaired) electrons. The first-order valence-corrected chi connectivity index (χ1v) is 7.46. The molecule has 20 heavy (non-hydrogen) atoms. The summed E-state index contributed by atoms with van der Waals surface area (Å²) < 4.78 is 0. The van der Waals surface area contributed by atoms with Crippen LogP contribution in [-0.2, 0) is 9.59 Å². The molecule has 112 valence electrons. The molecule has 1 N–H and O–H groups in total. The van der Waals surface area contributed by atoms with Gasteiger partial charge in [-0.2, -0.15) is 5.26 Å². The molecule has 1 saturated heterocycles. The standard InChI is InChI=1S/C15H25N3O2/c1-4-7-15(11-16,8-5-2)14(20)18-9-6-13(10-18)17-12(3)19/h13H,4-10H2,1-3H3,(H,17,19). The summed E-state index contributed by atoms with van der Waals surface area (Å²) in [7, 11) is 0. The van der Waals surface area contributed by atoms with E-state index in [-0.39, 0.29) is 17.9 Å². The predicted octanol–water partition coefficient (Wildman–Crippen LogP) is 1.83. The molecule has 1 heterocycles. The Balaban J connectivity index is 2.76. The molecule has 1 aliphatic rings. The summed E-state index contributed by atoms with van der Waals surface area (Å²) in [5, 5.41) is 12.4. The molecule has 0 aromatic rings. The average Bonchev–Trinajstić information content (AvgIpc) is 2.85. The first-order valence-electron chi connectivity index (χ1n) is 7.46. The summed E-state index contributed by atoms with van der Waals surface area (Å²) in [5.41, 5.74) is -0.880. The number of hydrogen-bond acceptors (Lipinski definition) is 3. The number of likely N-dealkylation sites (tertiary alicyclic amines) is 1. The normalized spacial score (nSPS) is 18.7. The first-order chi connectivity index (χ1) is 9.49. The molecule has 0 aromatic heterocycles. The summed E-state index contributed by atoms with van der Waals surface area (Å²) >= 11 is 0. The summed E-state index contributed by atoms with van der Waals surface area (Å²) in [5.74, 6) is -0.130. The van der Waals surface area contributed by atoms with Gasteiger partial charge < -0.3 is 10.2 Å². The maximum atomic E-state index is 12.7. The minimum atomic E-state index is -0.880. The van der Waals surface area contributed by atoms with E-state index in [4.69, 9.17) is 0 Å². The Bertz CT molecular complexity index is 394. The van der Waals surface area contributed by atoms with Gasteiger partial charge in [-0.1, -0.05) is 26.7 Å². The lowest BCUT2D eigenvalue weighted by Crippen LogP contribution is -2.44. The molecule has 1 unspecified atom stereocenters. The molecule has 0 aliphatic carbocycles. The van der Waals surface area contributed by atoms with Gasteiger partial charge in [0, 0.05) is 26.1 Å². The molecule has 2 amide bonds. The van der Waals surface area contributed by atoms with Gasteiger partial charge >= 0.3 is 0 Å². The molecule has 1 aliphatic heterocycles. The van der Waals surface area contributed by atoms with E-state index in [9.17, 15) is 14.9 Å². The molecule has 1 atom stereocenters. The number of nitriles is 1. The van der Waals surface area contributed by atoms with Crippen molar-refractivity contribution in [3.8, 4) is 6.07 Å².